The number of carbonyl (C=O) groups excluding carboxylic acids is 2. The van der Waals surface area contributed by atoms with Crippen molar-refractivity contribution in [2.75, 3.05) is 50.8 Å². The maximum Gasteiger partial charge on any atom is 0.253 e. The summed E-state index contributed by atoms with van der Waals surface area (Å²) in [4.78, 5) is 31.2. The molecule has 1 aliphatic heterocycles. The average molecular weight is 484 g/mol. The first-order valence-electron chi connectivity index (χ1n) is 11.8. The summed E-state index contributed by atoms with van der Waals surface area (Å²) >= 11 is 5.96. The Morgan fingerprint density at radius 1 is 1.06 bits per heavy atom. The van der Waals surface area contributed by atoms with Crippen LogP contribution in [0.4, 0.5) is 5.69 Å². The van der Waals surface area contributed by atoms with E-state index in [0.717, 1.165) is 36.8 Å². The summed E-state index contributed by atoms with van der Waals surface area (Å²) in [5.41, 5.74) is 2.62. The van der Waals surface area contributed by atoms with Gasteiger partial charge in [0.25, 0.3) is 5.91 Å². The van der Waals surface area contributed by atoms with Gasteiger partial charge in [-0.3, -0.25) is 14.5 Å². The Morgan fingerprint density at radius 3 is 2.29 bits per heavy atom. The van der Waals surface area contributed by atoms with Crippen LogP contribution < -0.4 is 4.90 Å². The minimum atomic E-state index is -0.193. The van der Waals surface area contributed by atoms with Gasteiger partial charge in [0.1, 0.15) is 0 Å². The third-order valence-electron chi connectivity index (χ3n) is 5.92. The van der Waals surface area contributed by atoms with E-state index in [1.807, 2.05) is 43.0 Å². The summed E-state index contributed by atoms with van der Waals surface area (Å²) in [6.07, 6.45) is 2.36. The van der Waals surface area contributed by atoms with Gasteiger partial charge >= 0.3 is 0 Å². The monoisotopic (exact) mass is 483 g/mol. The lowest BCUT2D eigenvalue weighted by molar-refractivity contribution is -0.114. The highest BCUT2D eigenvalue weighted by Crippen LogP contribution is 2.18. The Kier molecular flexibility index (Phi) is 9.69. The number of halogens is 1. The van der Waals surface area contributed by atoms with Crippen LogP contribution in [-0.2, 0) is 16.0 Å². The minimum absolute atomic E-state index is 0.0219. The number of rotatable bonds is 10. The van der Waals surface area contributed by atoms with Crippen molar-refractivity contribution in [3.8, 4) is 0 Å². The molecule has 0 aromatic heterocycles. The number of anilines is 1. The third-order valence-corrected chi connectivity index (χ3v) is 6.17. The number of hydrogen-bond donors (Lipinski definition) is 0. The first kappa shape index (κ1) is 25.9. The van der Waals surface area contributed by atoms with Gasteiger partial charge in [0.2, 0.25) is 5.91 Å². The number of carbonyl (C=O) groups is 2. The minimum Gasteiger partial charge on any atom is -0.377 e. The Balaban J connectivity index is 1.52. The van der Waals surface area contributed by atoms with Crippen molar-refractivity contribution in [3.05, 3.63) is 77.3 Å². The lowest BCUT2D eigenvalue weighted by Crippen LogP contribution is -2.49. The third kappa shape index (κ3) is 7.42. The molecule has 3 rings (SSSR count). The predicted octanol–water partition coefficient (Wildman–Crippen LogP) is 4.28. The normalized spacial score (nSPS) is 14.3. The van der Waals surface area contributed by atoms with E-state index in [1.54, 1.807) is 17.0 Å². The van der Waals surface area contributed by atoms with Crippen molar-refractivity contribution >= 4 is 29.1 Å². The molecule has 1 saturated heterocycles. The summed E-state index contributed by atoms with van der Waals surface area (Å²) in [6.45, 7) is 12.4. The topological polar surface area (TPSA) is 53.1 Å². The van der Waals surface area contributed by atoms with E-state index in [2.05, 4.69) is 23.6 Å². The van der Waals surface area contributed by atoms with Crippen LogP contribution >= 0.6 is 11.6 Å². The van der Waals surface area contributed by atoms with Gasteiger partial charge in [-0.15, -0.1) is 0 Å². The molecule has 34 heavy (non-hydrogen) atoms. The first-order chi connectivity index (χ1) is 16.4. The number of piperazine rings is 1. The van der Waals surface area contributed by atoms with Gasteiger partial charge in [-0.25, -0.2) is 0 Å². The maximum absolute atomic E-state index is 13.0. The standard InChI is InChI=1S/C27H34ClN3O3/c1-4-26(32)31(19-20-34-21(2)3)25-11-7-23(8-12-25)27(33)30-17-15-29(16-18-30)14-13-22-5-9-24(28)10-6-22/h4-12,21H,1,13-20H2,2-3H3. The highest BCUT2D eigenvalue weighted by Gasteiger charge is 2.22. The molecule has 6 nitrogen and oxygen atoms in total. The molecule has 2 aromatic rings. The molecule has 2 aromatic carbocycles. The SMILES string of the molecule is C=CC(=O)N(CCOC(C)C)c1ccc(C(=O)N2CCN(CCc3ccc(Cl)cc3)CC2)cc1. The Bertz CT molecular complexity index is 952. The van der Waals surface area contributed by atoms with E-state index in [9.17, 15) is 9.59 Å². The van der Waals surface area contributed by atoms with Crippen LogP contribution in [0.2, 0.25) is 5.02 Å². The Labute approximate surface area is 207 Å². The smallest absolute Gasteiger partial charge is 0.253 e. The zero-order valence-corrected chi connectivity index (χ0v) is 20.8. The molecule has 0 spiro atoms. The molecule has 0 radical (unpaired) electrons. The summed E-state index contributed by atoms with van der Waals surface area (Å²) in [5.74, 6) is -0.171. The zero-order valence-electron chi connectivity index (χ0n) is 20.1. The molecular formula is C27H34ClN3O3. The molecule has 0 saturated carbocycles. The van der Waals surface area contributed by atoms with Gasteiger partial charge in [-0.05, 0) is 68.3 Å². The van der Waals surface area contributed by atoms with Gasteiger partial charge in [-0.1, -0.05) is 30.3 Å². The van der Waals surface area contributed by atoms with E-state index >= 15 is 0 Å². The largest absolute Gasteiger partial charge is 0.377 e. The Morgan fingerprint density at radius 2 is 1.71 bits per heavy atom. The molecule has 0 bridgehead atoms. The first-order valence-corrected chi connectivity index (χ1v) is 12.2. The summed E-state index contributed by atoms with van der Waals surface area (Å²) < 4.78 is 5.59. The van der Waals surface area contributed by atoms with Crippen LogP contribution in [0.15, 0.2) is 61.2 Å². The Hall–Kier alpha value is -2.67. The molecule has 1 aliphatic rings. The zero-order chi connectivity index (χ0) is 24.5. The average Bonchev–Trinajstić information content (AvgIpc) is 2.86. The molecule has 0 aliphatic carbocycles. The van der Waals surface area contributed by atoms with Crippen molar-refractivity contribution in [2.24, 2.45) is 0 Å². The lowest BCUT2D eigenvalue weighted by Gasteiger charge is -2.35. The van der Waals surface area contributed by atoms with Crippen molar-refractivity contribution in [3.63, 3.8) is 0 Å². The van der Waals surface area contributed by atoms with Crippen LogP contribution in [0.5, 0.6) is 0 Å². The van der Waals surface area contributed by atoms with Crippen molar-refractivity contribution in [1.82, 2.24) is 9.80 Å². The second-order valence-corrected chi connectivity index (χ2v) is 9.11. The molecular weight excluding hydrogens is 450 g/mol. The molecule has 1 heterocycles. The van der Waals surface area contributed by atoms with Gasteiger partial charge in [-0.2, -0.15) is 0 Å². The number of hydrogen-bond acceptors (Lipinski definition) is 4. The summed E-state index contributed by atoms with van der Waals surface area (Å²) in [7, 11) is 0. The van der Waals surface area contributed by atoms with Crippen molar-refractivity contribution in [1.29, 1.82) is 0 Å². The summed E-state index contributed by atoms with van der Waals surface area (Å²) in [6, 6.07) is 15.2. The fourth-order valence-corrected chi connectivity index (χ4v) is 4.06. The van der Waals surface area contributed by atoms with Crippen LogP contribution in [0.3, 0.4) is 0 Å². The van der Waals surface area contributed by atoms with Gasteiger partial charge in [0.15, 0.2) is 0 Å². The number of benzene rings is 2. The molecule has 7 heteroatoms. The molecule has 0 N–H and O–H groups in total. The van der Waals surface area contributed by atoms with Gasteiger partial charge < -0.3 is 14.5 Å². The van der Waals surface area contributed by atoms with Crippen LogP contribution in [0.1, 0.15) is 29.8 Å². The van der Waals surface area contributed by atoms with Crippen LogP contribution in [-0.4, -0.2) is 73.6 Å². The molecule has 0 atom stereocenters. The highest BCUT2D eigenvalue weighted by molar-refractivity contribution is 6.30. The predicted molar refractivity (Wildman–Crippen MR) is 138 cm³/mol. The number of ether oxygens (including phenoxy) is 1. The van der Waals surface area contributed by atoms with E-state index in [-0.39, 0.29) is 17.9 Å². The number of nitrogens with zero attached hydrogens (tertiary/aromatic N) is 3. The summed E-state index contributed by atoms with van der Waals surface area (Å²) in [5, 5.41) is 0.754. The second kappa shape index (κ2) is 12.7. The van der Waals surface area contributed by atoms with E-state index in [4.69, 9.17) is 16.3 Å². The fourth-order valence-electron chi connectivity index (χ4n) is 3.94. The molecule has 1 fully saturated rings. The quantitative estimate of drug-likeness (QED) is 0.473. The second-order valence-electron chi connectivity index (χ2n) is 8.67. The van der Waals surface area contributed by atoms with E-state index in [0.29, 0.717) is 31.8 Å². The van der Waals surface area contributed by atoms with Crippen molar-refractivity contribution < 1.29 is 14.3 Å². The van der Waals surface area contributed by atoms with Gasteiger partial charge in [0, 0.05) is 55.5 Å². The van der Waals surface area contributed by atoms with Crippen LogP contribution in [0, 0.1) is 0 Å². The molecule has 182 valence electrons. The highest BCUT2D eigenvalue weighted by atomic mass is 35.5. The van der Waals surface area contributed by atoms with Gasteiger partial charge in [0.05, 0.1) is 12.7 Å². The molecule has 0 unspecified atom stereocenters. The lowest BCUT2D eigenvalue weighted by atomic mass is 10.1. The van der Waals surface area contributed by atoms with Crippen molar-refractivity contribution in [2.45, 2.75) is 26.4 Å². The number of amides is 2. The van der Waals surface area contributed by atoms with E-state index < -0.39 is 0 Å². The fraction of sp³-hybridized carbons (Fsp3) is 0.407. The van der Waals surface area contributed by atoms with Crippen LogP contribution in [0.25, 0.3) is 0 Å². The molecule has 2 amide bonds. The maximum atomic E-state index is 13.0. The van der Waals surface area contributed by atoms with E-state index in [1.165, 1.54) is 11.6 Å².